The fraction of sp³-hybridized carbons (Fsp3) is 0.692. The van der Waals surface area contributed by atoms with E-state index in [1.54, 1.807) is 7.11 Å². The third-order valence-electron chi connectivity index (χ3n) is 3.50. The van der Waals surface area contributed by atoms with E-state index >= 15 is 0 Å². The van der Waals surface area contributed by atoms with Crippen LogP contribution in [0.1, 0.15) is 49.7 Å². The Hall–Kier alpha value is -0.740. The van der Waals surface area contributed by atoms with Gasteiger partial charge in [0.05, 0.1) is 0 Å². The van der Waals surface area contributed by atoms with Crippen molar-refractivity contribution in [2.75, 3.05) is 7.11 Å². The van der Waals surface area contributed by atoms with E-state index in [-0.39, 0.29) is 6.10 Å². The zero-order chi connectivity index (χ0) is 12.3. The van der Waals surface area contributed by atoms with E-state index in [4.69, 9.17) is 17.0 Å². The molecule has 1 heterocycles. The Morgan fingerprint density at radius 2 is 2.12 bits per heavy atom. The van der Waals surface area contributed by atoms with Crippen LogP contribution in [0, 0.1) is 17.5 Å². The number of ether oxygens (including phenoxy) is 1. The van der Waals surface area contributed by atoms with E-state index in [1.165, 1.54) is 32.1 Å². The van der Waals surface area contributed by atoms with Crippen molar-refractivity contribution in [3.63, 3.8) is 0 Å². The number of aromatic amines is 1. The van der Waals surface area contributed by atoms with Crippen LogP contribution in [0.25, 0.3) is 0 Å². The summed E-state index contributed by atoms with van der Waals surface area (Å²) in [5, 5.41) is 0. The molecule has 2 rings (SSSR count). The number of H-pyrrole nitrogens is 1. The Balaban J connectivity index is 2.24. The van der Waals surface area contributed by atoms with Gasteiger partial charge in [-0.25, -0.2) is 4.98 Å². The predicted octanol–water partition coefficient (Wildman–Crippen LogP) is 3.72. The lowest BCUT2D eigenvalue weighted by Gasteiger charge is -2.28. The minimum atomic E-state index is 0.0666. The molecule has 1 aliphatic rings. The van der Waals surface area contributed by atoms with Gasteiger partial charge in [-0.1, -0.05) is 31.5 Å². The van der Waals surface area contributed by atoms with E-state index in [0.717, 1.165) is 11.5 Å². The molecule has 3 nitrogen and oxygen atoms in total. The Bertz CT molecular complexity index is 424. The molecule has 17 heavy (non-hydrogen) atoms. The van der Waals surface area contributed by atoms with Crippen LogP contribution >= 0.6 is 12.2 Å². The SMILES string of the molecule is COC(c1nc(=S)cc(C)[nH]1)C1CCCCC1. The molecule has 0 amide bonds. The number of nitrogens with one attached hydrogen (secondary N) is 1. The van der Waals surface area contributed by atoms with Crippen molar-refractivity contribution in [3.8, 4) is 0 Å². The summed E-state index contributed by atoms with van der Waals surface area (Å²) in [5.74, 6) is 1.47. The summed E-state index contributed by atoms with van der Waals surface area (Å²) in [6, 6.07) is 1.88. The maximum Gasteiger partial charge on any atom is 0.137 e. The zero-order valence-corrected chi connectivity index (χ0v) is 11.3. The maximum atomic E-state index is 5.65. The molecule has 1 unspecified atom stereocenters. The standard InChI is InChI=1S/C13H20N2OS/c1-9-8-11(17)15-13(14-9)12(16-2)10-6-4-3-5-7-10/h8,10,12H,3-7H2,1-2H3,(H,14,15,17). The third kappa shape index (κ3) is 3.13. The van der Waals surface area contributed by atoms with Crippen molar-refractivity contribution in [1.82, 2.24) is 9.97 Å². The average Bonchev–Trinajstić information content (AvgIpc) is 2.30. The fourth-order valence-corrected chi connectivity index (χ4v) is 2.98. The summed E-state index contributed by atoms with van der Waals surface area (Å²) >= 11 is 5.17. The van der Waals surface area contributed by atoms with Crippen molar-refractivity contribution in [2.45, 2.75) is 45.1 Å². The van der Waals surface area contributed by atoms with Gasteiger partial charge in [0.25, 0.3) is 0 Å². The summed E-state index contributed by atoms with van der Waals surface area (Å²) < 4.78 is 6.29. The second kappa shape index (κ2) is 5.74. The Morgan fingerprint density at radius 3 is 2.71 bits per heavy atom. The molecule has 0 bridgehead atoms. The highest BCUT2D eigenvalue weighted by atomic mass is 32.1. The molecule has 1 aromatic rings. The molecular formula is C13H20N2OS. The fourth-order valence-electron chi connectivity index (χ4n) is 2.70. The first-order valence-corrected chi connectivity index (χ1v) is 6.72. The summed E-state index contributed by atoms with van der Waals surface area (Å²) in [4.78, 5) is 7.71. The molecule has 0 saturated heterocycles. The molecule has 0 aromatic carbocycles. The molecule has 1 fully saturated rings. The highest BCUT2D eigenvalue weighted by molar-refractivity contribution is 7.71. The molecular weight excluding hydrogens is 232 g/mol. The van der Waals surface area contributed by atoms with Gasteiger partial charge >= 0.3 is 0 Å². The first-order valence-electron chi connectivity index (χ1n) is 6.31. The Kier molecular flexibility index (Phi) is 4.29. The normalized spacial score (nSPS) is 19.2. The average molecular weight is 252 g/mol. The van der Waals surface area contributed by atoms with Crippen LogP contribution in [0.2, 0.25) is 0 Å². The van der Waals surface area contributed by atoms with Gasteiger partial charge in [0.2, 0.25) is 0 Å². The van der Waals surface area contributed by atoms with Crippen LogP contribution in [-0.4, -0.2) is 17.1 Å². The number of nitrogens with zero attached hydrogens (tertiary/aromatic N) is 1. The Morgan fingerprint density at radius 1 is 1.41 bits per heavy atom. The van der Waals surface area contributed by atoms with E-state index in [9.17, 15) is 0 Å². The highest BCUT2D eigenvalue weighted by Gasteiger charge is 2.26. The van der Waals surface area contributed by atoms with Gasteiger partial charge in [-0.3, -0.25) is 0 Å². The molecule has 1 aliphatic carbocycles. The summed E-state index contributed by atoms with van der Waals surface area (Å²) in [7, 11) is 1.76. The van der Waals surface area contributed by atoms with Crippen LogP contribution in [0.4, 0.5) is 0 Å². The molecule has 1 aromatic heterocycles. The Labute approximate surface area is 108 Å². The smallest absolute Gasteiger partial charge is 0.137 e. The van der Waals surface area contributed by atoms with Gasteiger partial charge in [-0.2, -0.15) is 0 Å². The second-order valence-corrected chi connectivity index (χ2v) is 5.26. The van der Waals surface area contributed by atoms with Gasteiger partial charge in [0.1, 0.15) is 16.6 Å². The second-order valence-electron chi connectivity index (χ2n) is 4.84. The minimum absolute atomic E-state index is 0.0666. The monoisotopic (exact) mass is 252 g/mol. The van der Waals surface area contributed by atoms with Crippen molar-refractivity contribution in [2.24, 2.45) is 5.92 Å². The van der Waals surface area contributed by atoms with Gasteiger partial charge in [-0.05, 0) is 31.7 Å². The van der Waals surface area contributed by atoms with Crippen LogP contribution in [0.3, 0.4) is 0 Å². The van der Waals surface area contributed by atoms with Crippen LogP contribution in [0.5, 0.6) is 0 Å². The van der Waals surface area contributed by atoms with E-state index in [0.29, 0.717) is 10.6 Å². The first-order chi connectivity index (χ1) is 8.20. The summed E-state index contributed by atoms with van der Waals surface area (Å²) in [6.45, 7) is 2.01. The van der Waals surface area contributed by atoms with Crippen LogP contribution in [0.15, 0.2) is 6.07 Å². The van der Waals surface area contributed by atoms with E-state index in [2.05, 4.69) is 9.97 Å². The predicted molar refractivity (Wildman–Crippen MR) is 70.5 cm³/mol. The third-order valence-corrected chi connectivity index (χ3v) is 3.71. The van der Waals surface area contributed by atoms with Crippen molar-refractivity contribution in [1.29, 1.82) is 0 Å². The number of aromatic nitrogens is 2. The minimum Gasteiger partial charge on any atom is -0.373 e. The van der Waals surface area contributed by atoms with Gasteiger partial charge in [0.15, 0.2) is 0 Å². The molecule has 0 aliphatic heterocycles. The summed E-state index contributed by atoms with van der Waals surface area (Å²) in [5.41, 5.74) is 1.05. The lowest BCUT2D eigenvalue weighted by atomic mass is 9.85. The quantitative estimate of drug-likeness (QED) is 0.833. The van der Waals surface area contributed by atoms with Gasteiger partial charge < -0.3 is 9.72 Å². The number of aryl methyl sites for hydroxylation is 1. The maximum absolute atomic E-state index is 5.65. The largest absolute Gasteiger partial charge is 0.373 e. The number of rotatable bonds is 3. The van der Waals surface area contributed by atoms with E-state index < -0.39 is 0 Å². The lowest BCUT2D eigenvalue weighted by molar-refractivity contribution is 0.0287. The van der Waals surface area contributed by atoms with Crippen LogP contribution < -0.4 is 0 Å². The van der Waals surface area contributed by atoms with Crippen LogP contribution in [-0.2, 0) is 4.74 Å². The van der Waals surface area contributed by atoms with Crippen molar-refractivity contribution < 1.29 is 4.74 Å². The molecule has 0 spiro atoms. The molecule has 94 valence electrons. The lowest BCUT2D eigenvalue weighted by Crippen LogP contribution is -2.20. The highest BCUT2D eigenvalue weighted by Crippen LogP contribution is 2.35. The van der Waals surface area contributed by atoms with Gasteiger partial charge in [-0.15, -0.1) is 0 Å². The molecule has 1 N–H and O–H groups in total. The number of hydrogen-bond donors (Lipinski definition) is 1. The molecule has 0 radical (unpaired) electrons. The number of methoxy groups -OCH3 is 1. The topological polar surface area (TPSA) is 37.9 Å². The molecule has 1 atom stereocenters. The van der Waals surface area contributed by atoms with Gasteiger partial charge in [0, 0.05) is 12.8 Å². The van der Waals surface area contributed by atoms with E-state index in [1.807, 2.05) is 13.0 Å². The van der Waals surface area contributed by atoms with Crippen molar-refractivity contribution in [3.05, 3.63) is 22.2 Å². The summed E-state index contributed by atoms with van der Waals surface area (Å²) in [6.07, 6.45) is 6.49. The molecule has 1 saturated carbocycles. The first kappa shape index (κ1) is 12.7. The number of hydrogen-bond acceptors (Lipinski definition) is 3. The van der Waals surface area contributed by atoms with Crippen molar-refractivity contribution >= 4 is 12.2 Å². The molecule has 4 heteroatoms. The zero-order valence-electron chi connectivity index (χ0n) is 10.5.